The van der Waals surface area contributed by atoms with Crippen LogP contribution in [0.4, 0.5) is 5.69 Å². The molecule has 0 fully saturated rings. The lowest BCUT2D eigenvalue weighted by molar-refractivity contribution is -0.117. The minimum absolute atomic E-state index is 0.236. The number of hydrogen-bond donors (Lipinski definition) is 2. The third kappa shape index (κ3) is 1.84. The van der Waals surface area contributed by atoms with Crippen LogP contribution in [-0.4, -0.2) is 17.8 Å². The van der Waals surface area contributed by atoms with Crippen molar-refractivity contribution in [3.63, 3.8) is 0 Å². The first-order chi connectivity index (χ1) is 7.59. The lowest BCUT2D eigenvalue weighted by Crippen LogP contribution is -2.33. The fourth-order valence-electron chi connectivity index (χ4n) is 1.76. The van der Waals surface area contributed by atoms with E-state index in [2.05, 4.69) is 10.3 Å². The van der Waals surface area contributed by atoms with E-state index in [1.54, 1.807) is 0 Å². The minimum atomic E-state index is -0.815. The molecule has 0 aliphatic carbocycles. The van der Waals surface area contributed by atoms with Gasteiger partial charge in [0.1, 0.15) is 0 Å². The molecule has 2 rings (SSSR count). The molecular weight excluding hydrogens is 202 g/mol. The Kier molecular flexibility index (Phi) is 2.75. The van der Waals surface area contributed by atoms with E-state index in [-0.39, 0.29) is 11.8 Å². The monoisotopic (exact) mass is 217 g/mol. The molecule has 0 saturated heterocycles. The van der Waals surface area contributed by atoms with Crippen LogP contribution in [0.2, 0.25) is 0 Å². The van der Waals surface area contributed by atoms with E-state index in [4.69, 9.17) is 5.73 Å². The first-order valence-corrected chi connectivity index (χ1v) is 5.33. The number of anilines is 1. The number of carbonyl (C=O) groups is 1. The van der Waals surface area contributed by atoms with Crippen molar-refractivity contribution in [1.29, 1.82) is 0 Å². The van der Waals surface area contributed by atoms with Gasteiger partial charge < -0.3 is 11.1 Å². The van der Waals surface area contributed by atoms with Crippen molar-refractivity contribution in [3.8, 4) is 0 Å². The Balaban J connectivity index is 2.57. The Bertz CT molecular complexity index is 451. The fraction of sp³-hybridized carbons (Fsp3) is 0.333. The van der Waals surface area contributed by atoms with Gasteiger partial charge in [-0.05, 0) is 12.0 Å². The number of amides is 1. The number of rotatable bonds is 1. The van der Waals surface area contributed by atoms with Gasteiger partial charge in [0.25, 0.3) is 5.91 Å². The molecule has 0 saturated carbocycles. The SMILES string of the molecule is CC(C)C1=N[C@H](N)C(=O)Nc2ccccc21. The van der Waals surface area contributed by atoms with Crippen molar-refractivity contribution in [1.82, 2.24) is 0 Å². The summed E-state index contributed by atoms with van der Waals surface area (Å²) in [7, 11) is 0. The molecule has 0 unspecified atom stereocenters. The number of nitrogens with zero attached hydrogens (tertiary/aromatic N) is 1. The third-order valence-corrected chi connectivity index (χ3v) is 2.55. The molecule has 0 bridgehead atoms. The molecule has 1 atom stereocenters. The standard InChI is InChI=1S/C12H15N3O/c1-7(2)10-8-5-3-4-6-9(8)14-12(16)11(13)15-10/h3-7,11H,13H2,1-2H3,(H,14,16)/t11-/m0/s1. The number of nitrogens with two attached hydrogens (primary N) is 1. The Morgan fingerprint density at radius 1 is 1.38 bits per heavy atom. The molecule has 1 aromatic carbocycles. The summed E-state index contributed by atoms with van der Waals surface area (Å²) in [6, 6.07) is 7.63. The quantitative estimate of drug-likeness (QED) is 0.746. The summed E-state index contributed by atoms with van der Waals surface area (Å²) in [5.74, 6) is -0.0250. The number of nitrogens with one attached hydrogen (secondary N) is 1. The number of hydrogen-bond acceptors (Lipinski definition) is 3. The van der Waals surface area contributed by atoms with E-state index in [9.17, 15) is 4.79 Å². The van der Waals surface area contributed by atoms with E-state index in [1.165, 1.54) is 0 Å². The van der Waals surface area contributed by atoms with Crippen LogP contribution in [0.3, 0.4) is 0 Å². The molecule has 1 aromatic rings. The van der Waals surface area contributed by atoms with Gasteiger partial charge in [0, 0.05) is 17.0 Å². The van der Waals surface area contributed by atoms with Gasteiger partial charge >= 0.3 is 0 Å². The lowest BCUT2D eigenvalue weighted by Gasteiger charge is -2.11. The number of aliphatic imine (C=N–C) groups is 1. The highest BCUT2D eigenvalue weighted by molar-refractivity contribution is 6.12. The summed E-state index contributed by atoms with van der Waals surface area (Å²) in [6.45, 7) is 4.08. The van der Waals surface area contributed by atoms with Gasteiger partial charge in [0.2, 0.25) is 0 Å². The van der Waals surface area contributed by atoms with Gasteiger partial charge in [-0.2, -0.15) is 0 Å². The number of benzene rings is 1. The van der Waals surface area contributed by atoms with Crippen molar-refractivity contribution in [2.24, 2.45) is 16.6 Å². The van der Waals surface area contributed by atoms with Crippen molar-refractivity contribution in [3.05, 3.63) is 29.8 Å². The summed E-state index contributed by atoms with van der Waals surface area (Å²) in [6.07, 6.45) is -0.815. The number of fused-ring (bicyclic) bond motifs is 1. The maximum absolute atomic E-state index is 11.6. The second-order valence-corrected chi connectivity index (χ2v) is 4.15. The second-order valence-electron chi connectivity index (χ2n) is 4.15. The van der Waals surface area contributed by atoms with E-state index in [0.29, 0.717) is 0 Å². The Morgan fingerprint density at radius 3 is 2.75 bits per heavy atom. The average molecular weight is 217 g/mol. The summed E-state index contributed by atoms with van der Waals surface area (Å²) in [5, 5.41) is 2.78. The highest BCUT2D eigenvalue weighted by Crippen LogP contribution is 2.22. The number of benzodiazepines with no additional fused rings is 1. The smallest absolute Gasteiger partial charge is 0.263 e. The van der Waals surface area contributed by atoms with Crippen molar-refractivity contribution < 1.29 is 4.79 Å². The number of para-hydroxylation sites is 1. The van der Waals surface area contributed by atoms with Gasteiger partial charge in [-0.1, -0.05) is 32.0 Å². The highest BCUT2D eigenvalue weighted by Gasteiger charge is 2.22. The maximum atomic E-state index is 11.6. The fourth-order valence-corrected chi connectivity index (χ4v) is 1.76. The molecule has 1 heterocycles. The predicted molar refractivity (Wildman–Crippen MR) is 64.4 cm³/mol. The Hall–Kier alpha value is -1.68. The molecule has 16 heavy (non-hydrogen) atoms. The van der Waals surface area contributed by atoms with Crippen molar-refractivity contribution >= 4 is 17.3 Å². The van der Waals surface area contributed by atoms with E-state index < -0.39 is 6.17 Å². The van der Waals surface area contributed by atoms with Crippen LogP contribution in [0.25, 0.3) is 0 Å². The molecule has 0 aromatic heterocycles. The lowest BCUT2D eigenvalue weighted by atomic mass is 9.98. The van der Waals surface area contributed by atoms with Crippen molar-refractivity contribution in [2.45, 2.75) is 20.0 Å². The molecule has 0 spiro atoms. The second kappa shape index (κ2) is 4.06. The minimum Gasteiger partial charge on any atom is -0.322 e. The summed E-state index contributed by atoms with van der Waals surface area (Å²) >= 11 is 0. The van der Waals surface area contributed by atoms with Gasteiger partial charge in [-0.3, -0.25) is 9.79 Å². The van der Waals surface area contributed by atoms with Crippen molar-refractivity contribution in [2.75, 3.05) is 5.32 Å². The summed E-state index contributed by atoms with van der Waals surface area (Å²) in [4.78, 5) is 15.9. The van der Waals surface area contributed by atoms with Gasteiger partial charge in [-0.25, -0.2) is 0 Å². The zero-order valence-electron chi connectivity index (χ0n) is 9.40. The molecule has 4 heteroatoms. The first-order valence-electron chi connectivity index (χ1n) is 5.33. The molecule has 84 valence electrons. The van der Waals surface area contributed by atoms with Gasteiger partial charge in [-0.15, -0.1) is 0 Å². The van der Waals surface area contributed by atoms with E-state index >= 15 is 0 Å². The molecule has 1 aliphatic heterocycles. The average Bonchev–Trinajstić information content (AvgIpc) is 2.37. The molecule has 3 N–H and O–H groups in total. The van der Waals surface area contributed by atoms with E-state index in [1.807, 2.05) is 38.1 Å². The van der Waals surface area contributed by atoms with Gasteiger partial charge in [0.15, 0.2) is 6.17 Å². The van der Waals surface area contributed by atoms with Crippen LogP contribution in [-0.2, 0) is 4.79 Å². The summed E-state index contributed by atoms with van der Waals surface area (Å²) < 4.78 is 0. The van der Waals surface area contributed by atoms with Crippen LogP contribution < -0.4 is 11.1 Å². The molecule has 0 radical (unpaired) electrons. The highest BCUT2D eigenvalue weighted by atomic mass is 16.2. The normalized spacial score (nSPS) is 19.9. The van der Waals surface area contributed by atoms with Crippen LogP contribution in [0.5, 0.6) is 0 Å². The Labute approximate surface area is 94.6 Å². The maximum Gasteiger partial charge on any atom is 0.263 e. The van der Waals surface area contributed by atoms with Crippen LogP contribution in [0.1, 0.15) is 19.4 Å². The third-order valence-electron chi connectivity index (χ3n) is 2.55. The van der Waals surface area contributed by atoms with E-state index in [0.717, 1.165) is 17.0 Å². The molecule has 4 nitrogen and oxygen atoms in total. The first kappa shape index (κ1) is 10.8. The molecular formula is C12H15N3O. The molecule has 1 aliphatic rings. The topological polar surface area (TPSA) is 67.5 Å². The van der Waals surface area contributed by atoms with Crippen LogP contribution in [0, 0.1) is 5.92 Å². The number of carbonyl (C=O) groups excluding carboxylic acids is 1. The summed E-state index contributed by atoms with van der Waals surface area (Å²) in [5.41, 5.74) is 8.30. The van der Waals surface area contributed by atoms with Crippen LogP contribution in [0.15, 0.2) is 29.3 Å². The largest absolute Gasteiger partial charge is 0.322 e. The zero-order valence-corrected chi connectivity index (χ0v) is 9.40. The zero-order chi connectivity index (χ0) is 11.7. The predicted octanol–water partition coefficient (Wildman–Crippen LogP) is 1.37. The molecule has 1 amide bonds. The Morgan fingerprint density at radius 2 is 2.06 bits per heavy atom. The van der Waals surface area contributed by atoms with Crippen LogP contribution >= 0.6 is 0 Å². The van der Waals surface area contributed by atoms with Gasteiger partial charge in [0.05, 0.1) is 0 Å².